The Morgan fingerprint density at radius 3 is 2.81 bits per heavy atom. The highest BCUT2D eigenvalue weighted by Gasteiger charge is 2.19. The summed E-state index contributed by atoms with van der Waals surface area (Å²) in [5, 5.41) is 2.80. The number of para-hydroxylation sites is 1. The van der Waals surface area contributed by atoms with Gasteiger partial charge in [0.1, 0.15) is 0 Å². The van der Waals surface area contributed by atoms with Gasteiger partial charge in [0.15, 0.2) is 0 Å². The highest BCUT2D eigenvalue weighted by Crippen LogP contribution is 2.17. The van der Waals surface area contributed by atoms with E-state index in [0.717, 1.165) is 31.3 Å². The lowest BCUT2D eigenvalue weighted by molar-refractivity contribution is -0.123. The summed E-state index contributed by atoms with van der Waals surface area (Å²) >= 11 is 0. The first-order valence-corrected chi connectivity index (χ1v) is 8.77. The van der Waals surface area contributed by atoms with Crippen LogP contribution in [0.1, 0.15) is 24.8 Å². The number of amides is 1. The normalized spacial score (nSPS) is 18.4. The van der Waals surface area contributed by atoms with Crippen LogP contribution in [0.4, 0.5) is 5.69 Å². The average Bonchev–Trinajstić information content (AvgIpc) is 2.89. The first kappa shape index (κ1) is 15.8. The molecule has 7 heteroatoms. The summed E-state index contributed by atoms with van der Waals surface area (Å²) < 4.78 is 30.5. The Balaban J connectivity index is 1.91. The fourth-order valence-electron chi connectivity index (χ4n) is 2.25. The second-order valence-electron chi connectivity index (χ2n) is 5.15. The van der Waals surface area contributed by atoms with Crippen molar-refractivity contribution >= 4 is 21.6 Å². The molecule has 1 unspecified atom stereocenters. The predicted molar refractivity (Wildman–Crippen MR) is 80.3 cm³/mol. The molecule has 0 aliphatic carbocycles. The van der Waals surface area contributed by atoms with E-state index in [4.69, 9.17) is 4.74 Å². The number of carbonyl (C=O) groups is 1. The van der Waals surface area contributed by atoms with Gasteiger partial charge in [-0.15, -0.1) is 0 Å². The minimum Gasteiger partial charge on any atom is -0.378 e. The second kappa shape index (κ2) is 6.91. The summed E-state index contributed by atoms with van der Waals surface area (Å²) in [6.45, 7) is 1.00. The van der Waals surface area contributed by atoms with E-state index in [1.54, 1.807) is 24.3 Å². The van der Waals surface area contributed by atoms with Crippen LogP contribution in [0.15, 0.2) is 24.3 Å². The zero-order valence-electron chi connectivity index (χ0n) is 12.0. The quantitative estimate of drug-likeness (QED) is 0.828. The highest BCUT2D eigenvalue weighted by atomic mass is 32.2. The molecule has 0 radical (unpaired) electrons. The molecule has 1 atom stereocenters. The van der Waals surface area contributed by atoms with Gasteiger partial charge < -0.3 is 10.1 Å². The van der Waals surface area contributed by atoms with Crippen LogP contribution in [0.25, 0.3) is 0 Å². The van der Waals surface area contributed by atoms with Crippen LogP contribution in [0.5, 0.6) is 0 Å². The smallest absolute Gasteiger partial charge is 0.229 e. The summed E-state index contributed by atoms with van der Waals surface area (Å²) in [6, 6.07) is 6.99. The van der Waals surface area contributed by atoms with Crippen molar-refractivity contribution in [3.05, 3.63) is 29.8 Å². The van der Waals surface area contributed by atoms with Crippen LogP contribution in [-0.2, 0) is 26.1 Å². The molecule has 1 aromatic rings. The fraction of sp³-hybridized carbons (Fsp3) is 0.500. The third kappa shape index (κ3) is 5.35. The van der Waals surface area contributed by atoms with Gasteiger partial charge in [0.05, 0.1) is 24.5 Å². The van der Waals surface area contributed by atoms with Crippen molar-refractivity contribution < 1.29 is 17.9 Å². The van der Waals surface area contributed by atoms with E-state index >= 15 is 0 Å². The standard InChI is InChI=1S/C14H20N2O4S/c1-21(18,19)16-13-7-3-2-5-11(13)10-15-14(17)9-12-6-4-8-20-12/h2-3,5,7,12,16H,4,6,8-10H2,1H3,(H,15,17). The topological polar surface area (TPSA) is 84.5 Å². The Labute approximate surface area is 124 Å². The van der Waals surface area contributed by atoms with Gasteiger partial charge in [-0.3, -0.25) is 9.52 Å². The van der Waals surface area contributed by atoms with Gasteiger partial charge in [-0.25, -0.2) is 8.42 Å². The Morgan fingerprint density at radius 1 is 1.38 bits per heavy atom. The number of anilines is 1. The molecule has 0 aromatic heterocycles. The van der Waals surface area contributed by atoms with Gasteiger partial charge >= 0.3 is 0 Å². The molecule has 1 saturated heterocycles. The van der Waals surface area contributed by atoms with Crippen molar-refractivity contribution in [2.75, 3.05) is 17.6 Å². The van der Waals surface area contributed by atoms with Gasteiger partial charge in [-0.2, -0.15) is 0 Å². The number of ether oxygens (including phenoxy) is 1. The molecule has 2 rings (SSSR count). The van der Waals surface area contributed by atoms with Crippen molar-refractivity contribution in [3.63, 3.8) is 0 Å². The SMILES string of the molecule is CS(=O)(=O)Nc1ccccc1CNC(=O)CC1CCCO1. The molecule has 1 aromatic carbocycles. The summed E-state index contributed by atoms with van der Waals surface area (Å²) in [7, 11) is -3.34. The molecular formula is C14H20N2O4S. The van der Waals surface area contributed by atoms with E-state index in [2.05, 4.69) is 10.0 Å². The predicted octanol–water partition coefficient (Wildman–Crippen LogP) is 1.24. The number of rotatable bonds is 6. The third-order valence-corrected chi connectivity index (χ3v) is 3.82. The summed E-state index contributed by atoms with van der Waals surface area (Å²) in [5.74, 6) is -0.0870. The molecular weight excluding hydrogens is 292 g/mol. The van der Waals surface area contributed by atoms with Crippen LogP contribution in [0, 0.1) is 0 Å². The first-order valence-electron chi connectivity index (χ1n) is 6.88. The zero-order chi connectivity index (χ0) is 15.3. The van der Waals surface area contributed by atoms with Gasteiger partial charge in [-0.05, 0) is 24.5 Å². The number of benzene rings is 1. The minimum atomic E-state index is -3.34. The molecule has 1 heterocycles. The van der Waals surface area contributed by atoms with Crippen LogP contribution in [0.3, 0.4) is 0 Å². The maximum Gasteiger partial charge on any atom is 0.229 e. The lowest BCUT2D eigenvalue weighted by Crippen LogP contribution is -2.27. The summed E-state index contributed by atoms with van der Waals surface area (Å²) in [4.78, 5) is 11.8. The Bertz CT molecular complexity index is 595. The maximum atomic E-state index is 11.8. The molecule has 21 heavy (non-hydrogen) atoms. The summed E-state index contributed by atoms with van der Waals surface area (Å²) in [5.41, 5.74) is 1.21. The first-order chi connectivity index (χ1) is 9.94. The lowest BCUT2D eigenvalue weighted by Gasteiger charge is -2.13. The third-order valence-electron chi connectivity index (χ3n) is 3.23. The molecule has 0 bridgehead atoms. The lowest BCUT2D eigenvalue weighted by atomic mass is 10.1. The molecule has 2 N–H and O–H groups in total. The molecule has 0 spiro atoms. The molecule has 6 nitrogen and oxygen atoms in total. The maximum absolute atomic E-state index is 11.8. The van der Waals surface area contributed by atoms with Crippen molar-refractivity contribution in [1.29, 1.82) is 0 Å². The van der Waals surface area contributed by atoms with E-state index in [1.807, 2.05) is 0 Å². The van der Waals surface area contributed by atoms with Crippen LogP contribution >= 0.6 is 0 Å². The monoisotopic (exact) mass is 312 g/mol. The van der Waals surface area contributed by atoms with E-state index < -0.39 is 10.0 Å². The van der Waals surface area contributed by atoms with Crippen LogP contribution < -0.4 is 10.0 Å². The minimum absolute atomic E-state index is 0.00869. The number of hydrogen-bond acceptors (Lipinski definition) is 4. The van der Waals surface area contributed by atoms with Crippen molar-refractivity contribution in [3.8, 4) is 0 Å². The van der Waals surface area contributed by atoms with Crippen molar-refractivity contribution in [2.24, 2.45) is 0 Å². The van der Waals surface area contributed by atoms with E-state index in [0.29, 0.717) is 12.1 Å². The summed E-state index contributed by atoms with van der Waals surface area (Å²) in [6.07, 6.45) is 3.37. The number of sulfonamides is 1. The Hall–Kier alpha value is -1.60. The molecule has 1 fully saturated rings. The van der Waals surface area contributed by atoms with E-state index in [-0.39, 0.29) is 18.6 Å². The van der Waals surface area contributed by atoms with Crippen molar-refractivity contribution in [1.82, 2.24) is 5.32 Å². The molecule has 1 aliphatic rings. The zero-order valence-corrected chi connectivity index (χ0v) is 12.8. The fourth-order valence-corrected chi connectivity index (χ4v) is 2.85. The number of nitrogens with one attached hydrogen (secondary N) is 2. The van der Waals surface area contributed by atoms with Gasteiger partial charge in [0.25, 0.3) is 0 Å². The van der Waals surface area contributed by atoms with Crippen LogP contribution in [0.2, 0.25) is 0 Å². The highest BCUT2D eigenvalue weighted by molar-refractivity contribution is 7.92. The molecule has 1 amide bonds. The van der Waals surface area contributed by atoms with Gasteiger partial charge in [0.2, 0.25) is 15.9 Å². The van der Waals surface area contributed by atoms with Crippen LogP contribution in [-0.4, -0.2) is 33.3 Å². The van der Waals surface area contributed by atoms with Gasteiger partial charge in [0, 0.05) is 13.2 Å². The Kier molecular flexibility index (Phi) is 5.19. The molecule has 116 valence electrons. The second-order valence-corrected chi connectivity index (χ2v) is 6.90. The molecule has 1 aliphatic heterocycles. The van der Waals surface area contributed by atoms with E-state index in [1.165, 1.54) is 0 Å². The largest absolute Gasteiger partial charge is 0.378 e. The number of carbonyl (C=O) groups excluding carboxylic acids is 1. The van der Waals surface area contributed by atoms with Crippen molar-refractivity contribution in [2.45, 2.75) is 31.9 Å². The average molecular weight is 312 g/mol. The van der Waals surface area contributed by atoms with Gasteiger partial charge in [-0.1, -0.05) is 18.2 Å². The number of hydrogen-bond donors (Lipinski definition) is 2. The Morgan fingerprint density at radius 2 is 2.14 bits per heavy atom. The molecule has 0 saturated carbocycles. The van der Waals surface area contributed by atoms with E-state index in [9.17, 15) is 13.2 Å².